The molecule has 100 valence electrons. The molecule has 0 heterocycles. The van der Waals surface area contributed by atoms with Gasteiger partial charge in [0.2, 0.25) is 0 Å². The Hall–Kier alpha value is -1.47. The fraction of sp³-hybridized carbons (Fsp3) is 0.294. The van der Waals surface area contributed by atoms with Crippen molar-refractivity contribution in [1.82, 2.24) is 0 Å². The highest BCUT2D eigenvalue weighted by atomic mass is 35.5. The maximum absolute atomic E-state index is 5.86. The topological polar surface area (TPSA) is 9.23 Å². The van der Waals surface area contributed by atoms with E-state index in [-0.39, 0.29) is 0 Å². The maximum atomic E-state index is 5.86. The Morgan fingerprint density at radius 3 is 2.47 bits per heavy atom. The van der Waals surface area contributed by atoms with Crippen molar-refractivity contribution in [2.45, 2.75) is 32.6 Å². The molecule has 0 aliphatic carbocycles. The van der Waals surface area contributed by atoms with Gasteiger partial charge in [0.25, 0.3) is 0 Å². The minimum Gasteiger partial charge on any atom is -0.457 e. The van der Waals surface area contributed by atoms with Gasteiger partial charge in [0.1, 0.15) is 11.5 Å². The Bertz CT molecular complexity index is 505. The number of aryl methyl sites for hydroxylation is 1. The van der Waals surface area contributed by atoms with Gasteiger partial charge in [-0.25, -0.2) is 0 Å². The van der Waals surface area contributed by atoms with E-state index in [0.29, 0.717) is 0 Å². The van der Waals surface area contributed by atoms with E-state index in [9.17, 15) is 0 Å². The Morgan fingerprint density at radius 1 is 0.947 bits per heavy atom. The molecule has 0 atom stereocenters. The molecule has 2 aromatic rings. The number of hydrogen-bond donors (Lipinski definition) is 0. The van der Waals surface area contributed by atoms with E-state index in [1.165, 1.54) is 24.8 Å². The van der Waals surface area contributed by atoms with Crippen molar-refractivity contribution in [2.75, 3.05) is 0 Å². The zero-order chi connectivity index (χ0) is 13.5. The third-order valence-corrected chi connectivity index (χ3v) is 3.27. The average Bonchev–Trinajstić information content (AvgIpc) is 2.42. The largest absolute Gasteiger partial charge is 0.457 e. The molecular weight excluding hydrogens is 256 g/mol. The molecule has 0 unspecified atom stereocenters. The van der Waals surface area contributed by atoms with Gasteiger partial charge in [-0.15, -0.1) is 0 Å². The smallest absolute Gasteiger partial charge is 0.127 e. The molecule has 0 saturated heterocycles. The number of unbranched alkanes of at least 4 members (excludes halogenated alkanes) is 2. The fourth-order valence-electron chi connectivity index (χ4n) is 1.98. The molecule has 1 nitrogen and oxygen atoms in total. The number of halogens is 1. The predicted octanol–water partition coefficient (Wildman–Crippen LogP) is 5.87. The number of ether oxygens (including phenoxy) is 1. The van der Waals surface area contributed by atoms with Crippen LogP contribution < -0.4 is 4.74 Å². The number of benzene rings is 2. The number of hydrogen-bond acceptors (Lipinski definition) is 1. The Labute approximate surface area is 120 Å². The molecule has 0 radical (unpaired) electrons. The Balaban J connectivity index is 2.00. The lowest BCUT2D eigenvalue weighted by atomic mass is 10.1. The molecule has 19 heavy (non-hydrogen) atoms. The molecule has 0 aliphatic rings. The van der Waals surface area contributed by atoms with E-state index in [2.05, 4.69) is 19.1 Å². The van der Waals surface area contributed by atoms with Gasteiger partial charge in [0.05, 0.1) is 0 Å². The van der Waals surface area contributed by atoms with Crippen LogP contribution in [0.5, 0.6) is 11.5 Å². The normalized spacial score (nSPS) is 10.4. The van der Waals surface area contributed by atoms with Crippen LogP contribution in [-0.4, -0.2) is 0 Å². The van der Waals surface area contributed by atoms with E-state index in [1.807, 2.05) is 36.4 Å². The van der Waals surface area contributed by atoms with Crippen molar-refractivity contribution in [1.29, 1.82) is 0 Å². The van der Waals surface area contributed by atoms with Crippen LogP contribution in [0.2, 0.25) is 5.02 Å². The molecule has 0 aromatic heterocycles. The quantitative estimate of drug-likeness (QED) is 0.599. The summed E-state index contributed by atoms with van der Waals surface area (Å²) in [6.45, 7) is 2.22. The third-order valence-electron chi connectivity index (χ3n) is 3.02. The number of rotatable bonds is 6. The van der Waals surface area contributed by atoms with Crippen molar-refractivity contribution in [2.24, 2.45) is 0 Å². The minimum atomic E-state index is 0.723. The first-order chi connectivity index (χ1) is 9.28. The van der Waals surface area contributed by atoms with Crippen molar-refractivity contribution in [3.05, 3.63) is 59.1 Å². The van der Waals surface area contributed by atoms with Crippen LogP contribution in [0.3, 0.4) is 0 Å². The Kier molecular flexibility index (Phi) is 5.29. The summed E-state index contributed by atoms with van der Waals surface area (Å²) in [6.07, 6.45) is 4.88. The SMILES string of the molecule is CCCCCc1cccc(Oc2ccc(Cl)cc2)c1. The van der Waals surface area contributed by atoms with Crippen molar-refractivity contribution in [3.8, 4) is 11.5 Å². The van der Waals surface area contributed by atoms with Crippen molar-refractivity contribution >= 4 is 11.6 Å². The highest BCUT2D eigenvalue weighted by Crippen LogP contribution is 2.24. The first-order valence-corrected chi connectivity index (χ1v) is 7.18. The molecular formula is C17H19ClO. The van der Waals surface area contributed by atoms with E-state index in [4.69, 9.17) is 16.3 Å². The van der Waals surface area contributed by atoms with Gasteiger partial charge in [-0.1, -0.05) is 43.5 Å². The average molecular weight is 275 g/mol. The van der Waals surface area contributed by atoms with Crippen LogP contribution in [0.4, 0.5) is 0 Å². The summed E-state index contributed by atoms with van der Waals surface area (Å²) in [6, 6.07) is 15.7. The van der Waals surface area contributed by atoms with Gasteiger partial charge in [0.15, 0.2) is 0 Å². The zero-order valence-electron chi connectivity index (χ0n) is 11.2. The van der Waals surface area contributed by atoms with Gasteiger partial charge < -0.3 is 4.74 Å². The second kappa shape index (κ2) is 7.20. The summed E-state index contributed by atoms with van der Waals surface area (Å²) in [5, 5.41) is 0.723. The summed E-state index contributed by atoms with van der Waals surface area (Å²) < 4.78 is 5.82. The first kappa shape index (κ1) is 14.0. The highest BCUT2D eigenvalue weighted by molar-refractivity contribution is 6.30. The zero-order valence-corrected chi connectivity index (χ0v) is 12.0. The van der Waals surface area contributed by atoms with Crippen LogP contribution in [0.15, 0.2) is 48.5 Å². The highest BCUT2D eigenvalue weighted by Gasteiger charge is 1.99. The standard InChI is InChI=1S/C17H19ClO/c1-2-3-4-6-14-7-5-8-17(13-14)19-16-11-9-15(18)10-12-16/h5,7-13H,2-4,6H2,1H3. The first-order valence-electron chi connectivity index (χ1n) is 6.80. The third kappa shape index (κ3) is 4.60. The predicted molar refractivity (Wildman–Crippen MR) is 81.2 cm³/mol. The van der Waals surface area contributed by atoms with Crippen molar-refractivity contribution < 1.29 is 4.74 Å². The van der Waals surface area contributed by atoms with Crippen LogP contribution in [0.1, 0.15) is 31.7 Å². The lowest BCUT2D eigenvalue weighted by Crippen LogP contribution is -1.88. The summed E-state index contributed by atoms with van der Waals surface area (Å²) >= 11 is 5.86. The summed E-state index contributed by atoms with van der Waals surface area (Å²) in [7, 11) is 0. The molecule has 2 aromatic carbocycles. The lowest BCUT2D eigenvalue weighted by Gasteiger charge is -2.07. The fourth-order valence-corrected chi connectivity index (χ4v) is 2.11. The second-order valence-electron chi connectivity index (χ2n) is 4.66. The molecule has 0 N–H and O–H groups in total. The lowest BCUT2D eigenvalue weighted by molar-refractivity contribution is 0.482. The summed E-state index contributed by atoms with van der Waals surface area (Å²) in [4.78, 5) is 0. The van der Waals surface area contributed by atoms with Crippen LogP contribution in [0.25, 0.3) is 0 Å². The molecule has 0 amide bonds. The molecule has 0 saturated carbocycles. The second-order valence-corrected chi connectivity index (χ2v) is 5.10. The van der Waals surface area contributed by atoms with Gasteiger partial charge in [-0.2, -0.15) is 0 Å². The molecule has 2 heteroatoms. The monoisotopic (exact) mass is 274 g/mol. The maximum Gasteiger partial charge on any atom is 0.127 e. The van der Waals surface area contributed by atoms with Crippen LogP contribution in [0, 0.1) is 0 Å². The van der Waals surface area contributed by atoms with E-state index < -0.39 is 0 Å². The Morgan fingerprint density at radius 2 is 1.74 bits per heavy atom. The summed E-state index contributed by atoms with van der Waals surface area (Å²) in [5.74, 6) is 1.70. The summed E-state index contributed by atoms with van der Waals surface area (Å²) in [5.41, 5.74) is 1.33. The van der Waals surface area contributed by atoms with Gasteiger partial charge in [-0.05, 0) is 54.8 Å². The van der Waals surface area contributed by atoms with E-state index in [0.717, 1.165) is 22.9 Å². The van der Waals surface area contributed by atoms with Gasteiger partial charge in [0, 0.05) is 5.02 Å². The van der Waals surface area contributed by atoms with E-state index in [1.54, 1.807) is 0 Å². The molecule has 2 rings (SSSR count). The van der Waals surface area contributed by atoms with Gasteiger partial charge in [-0.3, -0.25) is 0 Å². The van der Waals surface area contributed by atoms with Crippen LogP contribution in [-0.2, 0) is 6.42 Å². The minimum absolute atomic E-state index is 0.723. The van der Waals surface area contributed by atoms with E-state index >= 15 is 0 Å². The molecule has 0 bridgehead atoms. The molecule has 0 fully saturated rings. The van der Waals surface area contributed by atoms with Crippen LogP contribution >= 0.6 is 11.6 Å². The van der Waals surface area contributed by atoms with Crippen molar-refractivity contribution in [3.63, 3.8) is 0 Å². The molecule has 0 aliphatic heterocycles. The molecule has 0 spiro atoms. The van der Waals surface area contributed by atoms with Gasteiger partial charge >= 0.3 is 0 Å².